The molecule has 0 aliphatic heterocycles. The molecule has 0 fully saturated rings. The van der Waals surface area contributed by atoms with E-state index >= 15 is 0 Å². The van der Waals surface area contributed by atoms with Gasteiger partial charge in [0.2, 0.25) is 7.37 Å². The second-order valence-electron chi connectivity index (χ2n) is 7.24. The third kappa shape index (κ3) is 20.8. The van der Waals surface area contributed by atoms with Gasteiger partial charge in [-0.1, -0.05) is 104 Å². The van der Waals surface area contributed by atoms with E-state index in [9.17, 15) is 9.46 Å². The van der Waals surface area contributed by atoms with E-state index in [4.69, 9.17) is 0 Å². The van der Waals surface area contributed by atoms with Gasteiger partial charge in [-0.15, -0.1) is 0 Å². The first-order chi connectivity index (χ1) is 11.1. The van der Waals surface area contributed by atoms with E-state index in [1.54, 1.807) is 0 Å². The lowest BCUT2D eigenvalue weighted by molar-refractivity contribution is 0.469. The van der Waals surface area contributed by atoms with Crippen LogP contribution in [0.1, 0.15) is 117 Å². The van der Waals surface area contributed by atoms with Crippen LogP contribution in [0.15, 0.2) is 0 Å². The molecule has 0 aliphatic carbocycles. The maximum absolute atomic E-state index is 12.1. The van der Waals surface area contributed by atoms with Gasteiger partial charge in [-0.2, -0.15) is 0 Å². The Morgan fingerprint density at radius 2 is 0.792 bits per heavy atom. The monoisotopic (exact) mass is 376 g/mol. The largest absolute Gasteiger partial charge is 0.344 e. The van der Waals surface area contributed by atoms with E-state index in [1.807, 2.05) is 0 Å². The molecular weight excluding hydrogens is 330 g/mol. The first kappa shape index (κ1) is 26.9. The standard InChI is InChI=1S/C20H43O2P.Al.3H/c1-3-5-7-9-11-13-15-17-19-23(21,22)20-18-16-14-12-10-8-6-4-2;;;;/h3-20H2,1-2H3,(H,21,22);;;;. The molecule has 0 radical (unpaired) electrons. The highest BCUT2D eigenvalue weighted by molar-refractivity contribution is 7.57. The molecule has 24 heavy (non-hydrogen) atoms. The predicted molar refractivity (Wildman–Crippen MR) is 115 cm³/mol. The van der Waals surface area contributed by atoms with Crippen molar-refractivity contribution in [3.63, 3.8) is 0 Å². The molecule has 1 N–H and O–H groups in total. The van der Waals surface area contributed by atoms with Crippen molar-refractivity contribution in [1.29, 1.82) is 0 Å². The first-order valence-corrected chi connectivity index (χ1v) is 12.5. The van der Waals surface area contributed by atoms with Gasteiger partial charge in [0.25, 0.3) is 0 Å². The second-order valence-corrected chi connectivity index (χ2v) is 9.83. The van der Waals surface area contributed by atoms with Gasteiger partial charge in [-0.05, 0) is 12.8 Å². The molecule has 0 spiro atoms. The Kier molecular flexibility index (Phi) is 22.5. The van der Waals surface area contributed by atoms with Crippen LogP contribution in [0.25, 0.3) is 0 Å². The number of unbranched alkanes of at least 4 members (excludes halogenated alkanes) is 14. The Labute approximate surface area is 163 Å². The van der Waals surface area contributed by atoms with E-state index < -0.39 is 7.37 Å². The van der Waals surface area contributed by atoms with Crippen LogP contribution in [0.5, 0.6) is 0 Å². The van der Waals surface area contributed by atoms with Gasteiger partial charge in [0.15, 0.2) is 17.4 Å². The van der Waals surface area contributed by atoms with Gasteiger partial charge in [-0.3, -0.25) is 4.57 Å². The van der Waals surface area contributed by atoms with E-state index in [-0.39, 0.29) is 17.4 Å². The smallest absolute Gasteiger partial charge is 0.200 e. The van der Waals surface area contributed by atoms with Crippen LogP contribution in [0.2, 0.25) is 0 Å². The number of hydrogen-bond acceptors (Lipinski definition) is 1. The molecule has 2 nitrogen and oxygen atoms in total. The molecule has 4 heteroatoms. The van der Waals surface area contributed by atoms with Crippen LogP contribution < -0.4 is 0 Å². The Morgan fingerprint density at radius 1 is 0.542 bits per heavy atom. The van der Waals surface area contributed by atoms with E-state index in [2.05, 4.69) is 13.8 Å². The molecule has 0 aliphatic rings. The lowest BCUT2D eigenvalue weighted by Gasteiger charge is -2.11. The minimum Gasteiger partial charge on any atom is -0.344 e. The van der Waals surface area contributed by atoms with Crippen molar-refractivity contribution in [2.75, 3.05) is 12.3 Å². The van der Waals surface area contributed by atoms with E-state index in [0.717, 1.165) is 25.7 Å². The zero-order valence-electron chi connectivity index (χ0n) is 16.0. The summed E-state index contributed by atoms with van der Waals surface area (Å²) in [6, 6.07) is 0. The van der Waals surface area contributed by atoms with Crippen molar-refractivity contribution in [2.24, 2.45) is 0 Å². The third-order valence-corrected chi connectivity index (χ3v) is 6.75. The number of hydrogen-bond donors (Lipinski definition) is 1. The van der Waals surface area contributed by atoms with Gasteiger partial charge in [0.05, 0.1) is 0 Å². The molecule has 0 atom stereocenters. The molecule has 0 heterocycles. The molecular formula is C20H46AlO2P. The van der Waals surface area contributed by atoms with Crippen LogP contribution in [0, 0.1) is 0 Å². The second kappa shape index (κ2) is 20.0. The topological polar surface area (TPSA) is 37.3 Å². The SMILES string of the molecule is CCCCCCCCCCP(=O)(O)CCCCCCCCCC.[AlH3]. The van der Waals surface area contributed by atoms with Crippen molar-refractivity contribution in [2.45, 2.75) is 117 Å². The molecule has 0 unspecified atom stereocenters. The minimum atomic E-state index is -2.82. The maximum atomic E-state index is 12.1. The van der Waals surface area contributed by atoms with E-state index in [0.29, 0.717) is 12.3 Å². The zero-order chi connectivity index (χ0) is 17.2. The fourth-order valence-electron chi connectivity index (χ4n) is 3.10. The van der Waals surface area contributed by atoms with Gasteiger partial charge >= 0.3 is 0 Å². The average Bonchev–Trinajstić information content (AvgIpc) is 2.52. The van der Waals surface area contributed by atoms with Crippen LogP contribution in [-0.4, -0.2) is 34.6 Å². The van der Waals surface area contributed by atoms with Crippen LogP contribution in [0.4, 0.5) is 0 Å². The van der Waals surface area contributed by atoms with Crippen LogP contribution in [0.3, 0.4) is 0 Å². The predicted octanol–water partition coefficient (Wildman–Crippen LogP) is 6.35. The summed E-state index contributed by atoms with van der Waals surface area (Å²) in [4.78, 5) is 10.0. The third-order valence-electron chi connectivity index (χ3n) is 4.72. The highest BCUT2D eigenvalue weighted by Crippen LogP contribution is 2.42. The fraction of sp³-hybridized carbons (Fsp3) is 1.00. The summed E-state index contributed by atoms with van der Waals surface area (Å²) < 4.78 is 12.1. The Morgan fingerprint density at radius 3 is 1.08 bits per heavy atom. The van der Waals surface area contributed by atoms with Crippen LogP contribution >= 0.6 is 7.37 Å². The normalized spacial score (nSPS) is 11.5. The van der Waals surface area contributed by atoms with Crippen molar-refractivity contribution in [3.05, 3.63) is 0 Å². The number of rotatable bonds is 18. The van der Waals surface area contributed by atoms with Crippen molar-refractivity contribution in [1.82, 2.24) is 0 Å². The minimum absolute atomic E-state index is 0. The summed E-state index contributed by atoms with van der Waals surface area (Å²) in [5, 5.41) is 0. The summed E-state index contributed by atoms with van der Waals surface area (Å²) in [6.45, 7) is 4.48. The van der Waals surface area contributed by atoms with E-state index in [1.165, 1.54) is 77.0 Å². The van der Waals surface area contributed by atoms with Gasteiger partial charge in [0.1, 0.15) is 0 Å². The maximum Gasteiger partial charge on any atom is 0.200 e. The molecule has 0 aromatic heterocycles. The lowest BCUT2D eigenvalue weighted by atomic mass is 10.1. The lowest BCUT2D eigenvalue weighted by Crippen LogP contribution is -1.96. The highest BCUT2D eigenvalue weighted by atomic mass is 31.2. The molecule has 0 amide bonds. The summed E-state index contributed by atoms with van der Waals surface area (Å²) in [5.74, 6) is 0. The molecule has 0 saturated carbocycles. The van der Waals surface area contributed by atoms with Crippen molar-refractivity contribution < 1.29 is 9.46 Å². The molecule has 0 aromatic carbocycles. The van der Waals surface area contributed by atoms with Gasteiger partial charge < -0.3 is 4.89 Å². The quantitative estimate of drug-likeness (QED) is 0.172. The average molecular weight is 377 g/mol. The Hall–Kier alpha value is 0.722. The summed E-state index contributed by atoms with van der Waals surface area (Å²) in [6.07, 6.45) is 21.0. The summed E-state index contributed by atoms with van der Waals surface area (Å²) in [5.41, 5.74) is 0. The molecule has 0 rings (SSSR count). The van der Waals surface area contributed by atoms with Crippen molar-refractivity contribution in [3.8, 4) is 0 Å². The molecule has 0 bridgehead atoms. The summed E-state index contributed by atoms with van der Waals surface area (Å²) >= 11 is 0. The summed E-state index contributed by atoms with van der Waals surface area (Å²) in [7, 11) is -2.82. The first-order valence-electron chi connectivity index (χ1n) is 10.4. The molecule has 146 valence electrons. The van der Waals surface area contributed by atoms with Crippen molar-refractivity contribution >= 4 is 24.7 Å². The highest BCUT2D eigenvalue weighted by Gasteiger charge is 2.16. The Balaban J connectivity index is 0. The Bertz CT molecular complexity index is 261. The fourth-order valence-corrected chi connectivity index (χ4v) is 4.76. The van der Waals surface area contributed by atoms with Gasteiger partial charge in [-0.25, -0.2) is 0 Å². The zero-order valence-corrected chi connectivity index (χ0v) is 16.9. The molecule has 0 saturated heterocycles. The molecule has 0 aromatic rings. The van der Waals surface area contributed by atoms with Crippen LogP contribution in [-0.2, 0) is 4.57 Å². The van der Waals surface area contributed by atoms with Gasteiger partial charge in [0, 0.05) is 12.3 Å².